The highest BCUT2D eigenvalue weighted by molar-refractivity contribution is 8.01. The van der Waals surface area contributed by atoms with Crippen LogP contribution in [0.25, 0.3) is 0 Å². The van der Waals surface area contributed by atoms with Crippen molar-refractivity contribution in [2.75, 3.05) is 13.1 Å². The molecule has 0 aliphatic heterocycles. The van der Waals surface area contributed by atoms with Crippen molar-refractivity contribution in [2.24, 2.45) is 5.73 Å². The van der Waals surface area contributed by atoms with E-state index in [2.05, 4.69) is 17.4 Å². The monoisotopic (exact) mass is 264 g/mol. The molecule has 1 amide bonds. The minimum Gasteiger partial charge on any atom is -0.354 e. The lowest BCUT2D eigenvalue weighted by Crippen LogP contribution is -2.44. The standard InChI is InChI=1S/C14H20N2OS/c15-10-11-16-13(17)14(8-4-5-9-14)18-12-6-2-1-3-7-12/h1-3,6-7H,4-5,8-11,15H2,(H,16,17). The molecule has 0 aromatic heterocycles. The summed E-state index contributed by atoms with van der Waals surface area (Å²) in [6.07, 6.45) is 4.19. The van der Waals surface area contributed by atoms with Crippen LogP contribution in [-0.2, 0) is 4.79 Å². The molecule has 3 nitrogen and oxygen atoms in total. The normalized spacial score (nSPS) is 17.6. The molecule has 0 bridgehead atoms. The van der Waals surface area contributed by atoms with Gasteiger partial charge in [0.25, 0.3) is 0 Å². The lowest BCUT2D eigenvalue weighted by molar-refractivity contribution is -0.123. The Morgan fingerprint density at radius 2 is 1.94 bits per heavy atom. The molecule has 1 saturated carbocycles. The van der Waals surface area contributed by atoms with Gasteiger partial charge in [-0.1, -0.05) is 31.0 Å². The molecule has 1 aliphatic rings. The molecule has 1 fully saturated rings. The van der Waals surface area contributed by atoms with Crippen LogP contribution in [0.4, 0.5) is 0 Å². The Kier molecular flexibility index (Phi) is 4.66. The van der Waals surface area contributed by atoms with Crippen LogP contribution in [-0.4, -0.2) is 23.7 Å². The third-order valence-corrected chi connectivity index (χ3v) is 4.80. The topological polar surface area (TPSA) is 55.1 Å². The van der Waals surface area contributed by atoms with Crippen LogP contribution in [0.3, 0.4) is 0 Å². The first-order valence-electron chi connectivity index (χ1n) is 6.49. The zero-order chi connectivity index (χ0) is 12.8. The number of carbonyl (C=O) groups is 1. The molecule has 0 heterocycles. The largest absolute Gasteiger partial charge is 0.354 e. The molecule has 2 rings (SSSR count). The number of rotatable bonds is 5. The fourth-order valence-corrected chi connectivity index (χ4v) is 3.78. The second kappa shape index (κ2) is 6.25. The van der Waals surface area contributed by atoms with Gasteiger partial charge in [-0.3, -0.25) is 4.79 Å². The maximum atomic E-state index is 12.3. The molecular weight excluding hydrogens is 244 g/mol. The van der Waals surface area contributed by atoms with Crippen molar-refractivity contribution >= 4 is 17.7 Å². The van der Waals surface area contributed by atoms with Gasteiger partial charge in [0, 0.05) is 18.0 Å². The highest BCUT2D eigenvalue weighted by Crippen LogP contribution is 2.45. The summed E-state index contributed by atoms with van der Waals surface area (Å²) in [5, 5.41) is 2.95. The minimum atomic E-state index is -0.281. The van der Waals surface area contributed by atoms with Crippen LogP contribution in [0.5, 0.6) is 0 Å². The van der Waals surface area contributed by atoms with Gasteiger partial charge < -0.3 is 11.1 Å². The van der Waals surface area contributed by atoms with Crippen LogP contribution in [0, 0.1) is 0 Å². The van der Waals surface area contributed by atoms with Gasteiger partial charge in [0.05, 0.1) is 4.75 Å². The summed E-state index contributed by atoms with van der Waals surface area (Å²) in [4.78, 5) is 13.5. The number of hydrogen-bond donors (Lipinski definition) is 2. The Labute approximate surface area is 113 Å². The van der Waals surface area contributed by atoms with E-state index in [1.54, 1.807) is 11.8 Å². The van der Waals surface area contributed by atoms with Gasteiger partial charge in [0.2, 0.25) is 5.91 Å². The maximum Gasteiger partial charge on any atom is 0.236 e. The van der Waals surface area contributed by atoms with E-state index < -0.39 is 0 Å². The predicted octanol–water partition coefficient (Wildman–Crippen LogP) is 2.17. The Balaban J connectivity index is 2.09. The fraction of sp³-hybridized carbons (Fsp3) is 0.500. The van der Waals surface area contributed by atoms with E-state index >= 15 is 0 Å². The molecule has 0 spiro atoms. The molecular formula is C14H20N2OS. The lowest BCUT2D eigenvalue weighted by atomic mass is 10.1. The zero-order valence-corrected chi connectivity index (χ0v) is 11.3. The van der Waals surface area contributed by atoms with Gasteiger partial charge in [-0.15, -0.1) is 11.8 Å². The Morgan fingerprint density at radius 3 is 2.56 bits per heavy atom. The SMILES string of the molecule is NCCNC(=O)C1(Sc2ccccc2)CCCC1. The smallest absolute Gasteiger partial charge is 0.236 e. The molecule has 3 N–H and O–H groups in total. The zero-order valence-electron chi connectivity index (χ0n) is 10.5. The van der Waals surface area contributed by atoms with Gasteiger partial charge in [-0.2, -0.15) is 0 Å². The van der Waals surface area contributed by atoms with Crippen LogP contribution >= 0.6 is 11.8 Å². The summed E-state index contributed by atoms with van der Waals surface area (Å²) >= 11 is 1.70. The lowest BCUT2D eigenvalue weighted by Gasteiger charge is -2.27. The van der Waals surface area contributed by atoms with E-state index in [0.717, 1.165) is 25.7 Å². The number of carbonyl (C=O) groups excluding carboxylic acids is 1. The summed E-state index contributed by atoms with van der Waals surface area (Å²) < 4.78 is -0.281. The van der Waals surface area contributed by atoms with Crippen molar-refractivity contribution in [1.82, 2.24) is 5.32 Å². The van der Waals surface area contributed by atoms with E-state index in [0.29, 0.717) is 13.1 Å². The van der Waals surface area contributed by atoms with E-state index in [-0.39, 0.29) is 10.7 Å². The average Bonchev–Trinajstić information content (AvgIpc) is 2.87. The summed E-state index contributed by atoms with van der Waals surface area (Å²) in [6, 6.07) is 10.2. The van der Waals surface area contributed by atoms with Gasteiger partial charge >= 0.3 is 0 Å². The second-order valence-electron chi connectivity index (χ2n) is 4.66. The van der Waals surface area contributed by atoms with Crippen LogP contribution in [0.2, 0.25) is 0 Å². The van der Waals surface area contributed by atoms with Crippen molar-refractivity contribution < 1.29 is 4.79 Å². The van der Waals surface area contributed by atoms with Crippen molar-refractivity contribution in [3.8, 4) is 0 Å². The summed E-state index contributed by atoms with van der Waals surface area (Å²) in [5.74, 6) is 0.152. The van der Waals surface area contributed by atoms with Crippen molar-refractivity contribution in [1.29, 1.82) is 0 Å². The maximum absolute atomic E-state index is 12.3. The highest BCUT2D eigenvalue weighted by atomic mass is 32.2. The van der Waals surface area contributed by atoms with E-state index in [1.165, 1.54) is 4.90 Å². The predicted molar refractivity (Wildman–Crippen MR) is 75.6 cm³/mol. The van der Waals surface area contributed by atoms with Crippen LogP contribution in [0.1, 0.15) is 25.7 Å². The van der Waals surface area contributed by atoms with E-state index in [9.17, 15) is 4.79 Å². The first-order chi connectivity index (χ1) is 8.77. The van der Waals surface area contributed by atoms with Crippen molar-refractivity contribution in [3.05, 3.63) is 30.3 Å². The van der Waals surface area contributed by atoms with Crippen LogP contribution < -0.4 is 11.1 Å². The molecule has 1 aromatic carbocycles. The van der Waals surface area contributed by atoms with E-state index in [4.69, 9.17) is 5.73 Å². The highest BCUT2D eigenvalue weighted by Gasteiger charge is 2.41. The average molecular weight is 264 g/mol. The summed E-state index contributed by atoms with van der Waals surface area (Å²) in [7, 11) is 0. The molecule has 0 unspecified atom stereocenters. The molecule has 18 heavy (non-hydrogen) atoms. The number of nitrogens with two attached hydrogens (primary N) is 1. The minimum absolute atomic E-state index is 0.152. The molecule has 0 radical (unpaired) electrons. The number of amides is 1. The molecule has 98 valence electrons. The quantitative estimate of drug-likeness (QED) is 0.857. The van der Waals surface area contributed by atoms with Gasteiger partial charge in [-0.25, -0.2) is 0 Å². The van der Waals surface area contributed by atoms with Crippen molar-refractivity contribution in [3.63, 3.8) is 0 Å². The Hall–Kier alpha value is -1.00. The molecule has 0 saturated heterocycles. The first-order valence-corrected chi connectivity index (χ1v) is 7.31. The molecule has 1 aliphatic carbocycles. The number of thioether (sulfide) groups is 1. The third kappa shape index (κ3) is 3.06. The molecule has 4 heteroatoms. The van der Waals surface area contributed by atoms with Crippen molar-refractivity contribution in [2.45, 2.75) is 35.3 Å². The number of benzene rings is 1. The number of hydrogen-bond acceptors (Lipinski definition) is 3. The van der Waals surface area contributed by atoms with Gasteiger partial charge in [0.1, 0.15) is 0 Å². The molecule has 0 atom stereocenters. The fourth-order valence-electron chi connectivity index (χ4n) is 2.38. The second-order valence-corrected chi connectivity index (χ2v) is 6.12. The first kappa shape index (κ1) is 13.4. The third-order valence-electron chi connectivity index (χ3n) is 3.31. The Bertz CT molecular complexity index is 388. The van der Waals surface area contributed by atoms with Gasteiger partial charge in [-0.05, 0) is 25.0 Å². The van der Waals surface area contributed by atoms with Crippen LogP contribution in [0.15, 0.2) is 35.2 Å². The number of nitrogens with one attached hydrogen (secondary N) is 1. The summed E-state index contributed by atoms with van der Waals surface area (Å²) in [5.41, 5.74) is 5.45. The van der Waals surface area contributed by atoms with Gasteiger partial charge in [0.15, 0.2) is 0 Å². The van der Waals surface area contributed by atoms with E-state index in [1.807, 2.05) is 18.2 Å². The summed E-state index contributed by atoms with van der Waals surface area (Å²) in [6.45, 7) is 1.06. The Morgan fingerprint density at radius 1 is 1.28 bits per heavy atom. The molecule has 1 aromatic rings.